The SMILES string of the molecule is Cc1ncncc1C(=O)N1CCCCC1c1cn2cccc2c(N(C)C)n1. The molecule has 0 bridgehead atoms. The predicted molar refractivity (Wildman–Crippen MR) is 104 cm³/mol. The standard InChI is InChI=1S/C20H24N6O/c1-14-15(11-21-13-22-14)20(27)26-10-5-4-7-17(26)16-12-25-9-6-8-18(25)19(23-16)24(2)3/h6,8-9,11-13,17H,4-5,7,10H2,1-3H3. The maximum absolute atomic E-state index is 13.2. The van der Waals surface area contributed by atoms with Crippen LogP contribution in [-0.2, 0) is 0 Å². The Kier molecular flexibility index (Phi) is 4.51. The zero-order valence-corrected chi connectivity index (χ0v) is 16.0. The number of piperidine rings is 1. The molecular formula is C20H24N6O. The van der Waals surface area contributed by atoms with Crippen LogP contribution < -0.4 is 4.90 Å². The van der Waals surface area contributed by atoms with Crippen molar-refractivity contribution in [2.45, 2.75) is 32.2 Å². The van der Waals surface area contributed by atoms with E-state index in [0.717, 1.165) is 42.8 Å². The molecule has 0 saturated carbocycles. The van der Waals surface area contributed by atoms with E-state index in [9.17, 15) is 4.79 Å². The van der Waals surface area contributed by atoms with E-state index in [4.69, 9.17) is 4.98 Å². The van der Waals surface area contributed by atoms with E-state index in [2.05, 4.69) is 20.4 Å². The minimum atomic E-state index is -0.0450. The second-order valence-electron chi connectivity index (χ2n) is 7.22. The van der Waals surface area contributed by atoms with E-state index in [1.54, 1.807) is 6.20 Å². The van der Waals surface area contributed by atoms with Crippen molar-refractivity contribution in [2.75, 3.05) is 25.5 Å². The summed E-state index contributed by atoms with van der Waals surface area (Å²) in [6.07, 6.45) is 10.2. The van der Waals surface area contributed by atoms with Gasteiger partial charge in [0.15, 0.2) is 5.82 Å². The average Bonchev–Trinajstić information content (AvgIpc) is 3.15. The van der Waals surface area contributed by atoms with Crippen LogP contribution in [-0.4, -0.2) is 50.8 Å². The van der Waals surface area contributed by atoms with Gasteiger partial charge in [-0.3, -0.25) is 4.79 Å². The number of amides is 1. The molecule has 7 nitrogen and oxygen atoms in total. The van der Waals surface area contributed by atoms with Gasteiger partial charge >= 0.3 is 0 Å². The van der Waals surface area contributed by atoms with E-state index in [0.29, 0.717) is 11.3 Å². The first-order valence-corrected chi connectivity index (χ1v) is 9.29. The fourth-order valence-corrected chi connectivity index (χ4v) is 3.77. The normalized spacial score (nSPS) is 17.3. The van der Waals surface area contributed by atoms with Gasteiger partial charge in [0.1, 0.15) is 6.33 Å². The van der Waals surface area contributed by atoms with Crippen LogP contribution in [0, 0.1) is 6.92 Å². The van der Waals surface area contributed by atoms with Gasteiger partial charge in [-0.2, -0.15) is 0 Å². The molecule has 7 heteroatoms. The molecule has 1 aliphatic heterocycles. The van der Waals surface area contributed by atoms with E-state index in [1.165, 1.54) is 6.33 Å². The summed E-state index contributed by atoms with van der Waals surface area (Å²) in [5.74, 6) is 0.897. The van der Waals surface area contributed by atoms with Gasteiger partial charge in [-0.1, -0.05) is 0 Å². The number of nitrogens with zero attached hydrogens (tertiary/aromatic N) is 6. The van der Waals surface area contributed by atoms with Crippen molar-refractivity contribution in [1.29, 1.82) is 0 Å². The Morgan fingerprint density at radius 1 is 1.30 bits per heavy atom. The van der Waals surface area contributed by atoms with Gasteiger partial charge in [0.2, 0.25) is 0 Å². The number of rotatable bonds is 3. The quantitative estimate of drug-likeness (QED) is 0.715. The summed E-state index contributed by atoms with van der Waals surface area (Å²) in [7, 11) is 3.99. The van der Waals surface area contributed by atoms with E-state index in [-0.39, 0.29) is 11.9 Å². The van der Waals surface area contributed by atoms with Crippen LogP contribution in [0.2, 0.25) is 0 Å². The molecule has 0 radical (unpaired) electrons. The van der Waals surface area contributed by atoms with Crippen LogP contribution >= 0.6 is 0 Å². The Labute approximate surface area is 158 Å². The molecule has 0 aliphatic carbocycles. The number of carbonyl (C=O) groups excluding carboxylic acids is 1. The molecule has 4 heterocycles. The van der Waals surface area contributed by atoms with Crippen LogP contribution in [0.25, 0.3) is 5.52 Å². The molecule has 140 valence electrons. The predicted octanol–water partition coefficient (Wildman–Crippen LogP) is 2.87. The lowest BCUT2D eigenvalue weighted by molar-refractivity contribution is 0.0604. The maximum atomic E-state index is 13.2. The fraction of sp³-hybridized carbons (Fsp3) is 0.400. The molecule has 1 saturated heterocycles. The molecule has 1 aliphatic rings. The van der Waals surface area contributed by atoms with Crippen molar-refractivity contribution >= 4 is 17.2 Å². The minimum Gasteiger partial charge on any atom is -0.361 e. The number of likely N-dealkylation sites (tertiary alicyclic amines) is 1. The summed E-state index contributed by atoms with van der Waals surface area (Å²) in [6.45, 7) is 2.57. The highest BCUT2D eigenvalue weighted by Gasteiger charge is 2.31. The first-order chi connectivity index (χ1) is 13.1. The Hall–Kier alpha value is -2.96. The summed E-state index contributed by atoms with van der Waals surface area (Å²) in [5.41, 5.74) is 3.26. The summed E-state index contributed by atoms with van der Waals surface area (Å²) < 4.78 is 2.09. The van der Waals surface area contributed by atoms with Crippen molar-refractivity contribution in [3.8, 4) is 0 Å². The minimum absolute atomic E-state index is 0.0152. The Balaban J connectivity index is 1.76. The van der Waals surface area contributed by atoms with Crippen molar-refractivity contribution in [3.63, 3.8) is 0 Å². The average molecular weight is 364 g/mol. The van der Waals surface area contributed by atoms with Crippen LogP contribution in [0.4, 0.5) is 5.82 Å². The third-order valence-electron chi connectivity index (χ3n) is 5.18. The molecule has 1 amide bonds. The van der Waals surface area contributed by atoms with Crippen LogP contribution in [0.3, 0.4) is 0 Å². The molecule has 1 atom stereocenters. The number of carbonyl (C=O) groups is 1. The molecule has 3 aromatic rings. The second-order valence-corrected chi connectivity index (χ2v) is 7.22. The van der Waals surface area contributed by atoms with E-state index in [1.807, 2.05) is 49.3 Å². The number of aryl methyl sites for hydroxylation is 1. The third kappa shape index (κ3) is 3.13. The Morgan fingerprint density at radius 2 is 2.15 bits per heavy atom. The first-order valence-electron chi connectivity index (χ1n) is 9.29. The first kappa shape index (κ1) is 17.5. The molecule has 0 aromatic carbocycles. The summed E-state index contributed by atoms with van der Waals surface area (Å²) in [5, 5.41) is 0. The zero-order chi connectivity index (χ0) is 19.0. The lowest BCUT2D eigenvalue weighted by Crippen LogP contribution is -2.39. The fourth-order valence-electron chi connectivity index (χ4n) is 3.77. The number of hydrogen-bond donors (Lipinski definition) is 0. The smallest absolute Gasteiger partial charge is 0.257 e. The van der Waals surface area contributed by atoms with Crippen LogP contribution in [0.15, 0.2) is 37.1 Å². The number of aromatic nitrogens is 4. The molecule has 3 aromatic heterocycles. The molecule has 0 N–H and O–H groups in total. The number of anilines is 1. The number of fused-ring (bicyclic) bond motifs is 1. The third-order valence-corrected chi connectivity index (χ3v) is 5.18. The van der Waals surface area contributed by atoms with Gasteiger partial charge in [-0.05, 0) is 38.3 Å². The van der Waals surface area contributed by atoms with E-state index >= 15 is 0 Å². The van der Waals surface area contributed by atoms with Crippen molar-refractivity contribution < 1.29 is 4.79 Å². The van der Waals surface area contributed by atoms with Gasteiger partial charge in [0.05, 0.1) is 28.5 Å². The second kappa shape index (κ2) is 6.98. The monoisotopic (exact) mass is 364 g/mol. The Morgan fingerprint density at radius 3 is 2.93 bits per heavy atom. The highest BCUT2D eigenvalue weighted by molar-refractivity contribution is 5.95. The zero-order valence-electron chi connectivity index (χ0n) is 16.0. The maximum Gasteiger partial charge on any atom is 0.257 e. The number of hydrogen-bond acceptors (Lipinski definition) is 5. The molecule has 1 unspecified atom stereocenters. The van der Waals surface area contributed by atoms with Crippen LogP contribution in [0.1, 0.15) is 47.1 Å². The highest BCUT2D eigenvalue weighted by atomic mass is 16.2. The molecule has 27 heavy (non-hydrogen) atoms. The summed E-state index contributed by atoms with van der Waals surface area (Å²) in [4.78, 5) is 30.3. The van der Waals surface area contributed by atoms with E-state index < -0.39 is 0 Å². The summed E-state index contributed by atoms with van der Waals surface area (Å²) in [6, 6.07) is 4.03. The highest BCUT2D eigenvalue weighted by Crippen LogP contribution is 2.33. The van der Waals surface area contributed by atoms with Crippen molar-refractivity contribution in [3.05, 3.63) is 54.0 Å². The van der Waals surface area contributed by atoms with Crippen LogP contribution in [0.5, 0.6) is 0 Å². The van der Waals surface area contributed by atoms with Gasteiger partial charge in [0.25, 0.3) is 5.91 Å². The summed E-state index contributed by atoms with van der Waals surface area (Å²) >= 11 is 0. The lowest BCUT2D eigenvalue weighted by Gasteiger charge is -2.36. The van der Waals surface area contributed by atoms with Gasteiger partial charge in [-0.25, -0.2) is 15.0 Å². The van der Waals surface area contributed by atoms with Gasteiger partial charge in [-0.15, -0.1) is 0 Å². The molecule has 4 rings (SSSR count). The van der Waals surface area contributed by atoms with Crippen molar-refractivity contribution in [1.82, 2.24) is 24.3 Å². The topological polar surface area (TPSA) is 66.6 Å². The molecule has 1 fully saturated rings. The molecular weight excluding hydrogens is 340 g/mol. The largest absolute Gasteiger partial charge is 0.361 e. The van der Waals surface area contributed by atoms with Gasteiger partial charge in [0, 0.05) is 39.2 Å². The van der Waals surface area contributed by atoms with Crippen molar-refractivity contribution in [2.24, 2.45) is 0 Å². The molecule has 0 spiro atoms. The Bertz CT molecular complexity index is 980. The lowest BCUT2D eigenvalue weighted by atomic mass is 9.98. The van der Waals surface area contributed by atoms with Gasteiger partial charge < -0.3 is 14.2 Å².